The van der Waals surface area contributed by atoms with Crippen molar-refractivity contribution >= 4 is 23.1 Å². The number of nitrogens with zero attached hydrogens (tertiary/aromatic N) is 6. The fraction of sp³-hybridized carbons (Fsp3) is 0.261. The number of anilines is 1. The highest BCUT2D eigenvalue weighted by molar-refractivity contribution is 7.13. The van der Waals surface area contributed by atoms with Gasteiger partial charge in [0.2, 0.25) is 5.91 Å². The molecule has 0 unspecified atom stereocenters. The van der Waals surface area contributed by atoms with Gasteiger partial charge < -0.3 is 10.2 Å². The van der Waals surface area contributed by atoms with Gasteiger partial charge in [0.05, 0.1) is 18.2 Å². The fourth-order valence-electron chi connectivity index (χ4n) is 3.86. The Hall–Kier alpha value is -3.59. The molecule has 1 atom stereocenters. The van der Waals surface area contributed by atoms with E-state index in [1.165, 1.54) is 0 Å². The number of carbonyl (C=O) groups excluding carboxylic acids is 1. The average molecular weight is 446 g/mol. The lowest BCUT2D eigenvalue weighted by atomic mass is 9.97. The second kappa shape index (κ2) is 9.27. The summed E-state index contributed by atoms with van der Waals surface area (Å²) in [4.78, 5) is 28.4. The molecule has 1 saturated heterocycles. The van der Waals surface area contributed by atoms with Crippen molar-refractivity contribution in [3.05, 3.63) is 72.3 Å². The molecule has 1 fully saturated rings. The van der Waals surface area contributed by atoms with Crippen LogP contribution in [-0.4, -0.2) is 43.7 Å². The van der Waals surface area contributed by atoms with E-state index >= 15 is 0 Å². The van der Waals surface area contributed by atoms with Crippen LogP contribution >= 0.6 is 11.3 Å². The molecule has 4 heterocycles. The molecule has 1 amide bonds. The molecule has 4 aromatic rings. The molecular formula is C23H23N7OS. The molecular weight excluding hydrogens is 422 g/mol. The molecule has 0 bridgehead atoms. The van der Waals surface area contributed by atoms with Crippen molar-refractivity contribution in [1.29, 1.82) is 0 Å². The van der Waals surface area contributed by atoms with Crippen LogP contribution in [0.3, 0.4) is 0 Å². The number of nitrogens with one attached hydrogen (secondary N) is 1. The van der Waals surface area contributed by atoms with E-state index in [-0.39, 0.29) is 11.8 Å². The Labute approximate surface area is 190 Å². The third kappa shape index (κ3) is 4.52. The van der Waals surface area contributed by atoms with E-state index in [1.54, 1.807) is 28.5 Å². The van der Waals surface area contributed by atoms with Gasteiger partial charge in [0.15, 0.2) is 5.82 Å². The van der Waals surface area contributed by atoms with Crippen LogP contribution < -0.4 is 10.2 Å². The van der Waals surface area contributed by atoms with Crippen molar-refractivity contribution in [3.63, 3.8) is 0 Å². The number of amides is 1. The van der Waals surface area contributed by atoms with Gasteiger partial charge in [0.1, 0.15) is 17.2 Å². The van der Waals surface area contributed by atoms with E-state index in [4.69, 9.17) is 0 Å². The minimum atomic E-state index is -0.0842. The van der Waals surface area contributed by atoms with Gasteiger partial charge in [-0.2, -0.15) is 5.10 Å². The molecule has 162 valence electrons. The second-order valence-corrected chi connectivity index (χ2v) is 8.56. The Balaban J connectivity index is 1.20. The molecule has 5 rings (SSSR count). The maximum Gasteiger partial charge on any atom is 0.225 e. The Kier molecular flexibility index (Phi) is 5.89. The fourth-order valence-corrected chi connectivity index (χ4v) is 4.69. The zero-order valence-electron chi connectivity index (χ0n) is 17.5. The lowest BCUT2D eigenvalue weighted by molar-refractivity contribution is -0.125. The molecule has 1 aromatic carbocycles. The average Bonchev–Trinajstić information content (AvgIpc) is 3.56. The minimum Gasteiger partial charge on any atom is -0.356 e. The number of aromatic nitrogens is 5. The molecule has 0 saturated carbocycles. The van der Waals surface area contributed by atoms with Crippen molar-refractivity contribution in [2.75, 3.05) is 18.0 Å². The highest BCUT2D eigenvalue weighted by atomic mass is 32.1. The normalized spacial score (nSPS) is 16.1. The number of rotatable bonds is 6. The smallest absolute Gasteiger partial charge is 0.225 e. The molecule has 0 spiro atoms. The molecule has 0 radical (unpaired) electrons. The Morgan fingerprint density at radius 3 is 2.88 bits per heavy atom. The largest absolute Gasteiger partial charge is 0.356 e. The van der Waals surface area contributed by atoms with Gasteiger partial charge >= 0.3 is 0 Å². The lowest BCUT2D eigenvalue weighted by Gasteiger charge is -2.32. The topological polar surface area (TPSA) is 88.8 Å². The number of thiazole rings is 1. The number of carbonyl (C=O) groups is 1. The Bertz CT molecular complexity index is 1180. The quantitative estimate of drug-likeness (QED) is 0.490. The molecule has 1 aliphatic heterocycles. The first-order valence-electron chi connectivity index (χ1n) is 10.6. The van der Waals surface area contributed by atoms with Crippen LogP contribution in [0.1, 0.15) is 18.5 Å². The summed E-state index contributed by atoms with van der Waals surface area (Å²) in [5, 5.41) is 10.3. The first kappa shape index (κ1) is 20.3. The lowest BCUT2D eigenvalue weighted by Crippen LogP contribution is -2.43. The van der Waals surface area contributed by atoms with Crippen molar-refractivity contribution in [1.82, 2.24) is 30.0 Å². The highest BCUT2D eigenvalue weighted by Gasteiger charge is 2.27. The summed E-state index contributed by atoms with van der Waals surface area (Å²) in [6, 6.07) is 13.9. The van der Waals surface area contributed by atoms with E-state index in [9.17, 15) is 4.79 Å². The van der Waals surface area contributed by atoms with E-state index in [2.05, 4.69) is 30.3 Å². The molecule has 32 heavy (non-hydrogen) atoms. The highest BCUT2D eigenvalue weighted by Crippen LogP contribution is 2.24. The summed E-state index contributed by atoms with van der Waals surface area (Å²) in [5.74, 6) is 1.50. The maximum atomic E-state index is 12.9. The summed E-state index contributed by atoms with van der Waals surface area (Å²) >= 11 is 1.60. The second-order valence-electron chi connectivity index (χ2n) is 7.70. The van der Waals surface area contributed by atoms with Crippen molar-refractivity contribution in [2.24, 2.45) is 5.92 Å². The van der Waals surface area contributed by atoms with Crippen LogP contribution in [-0.2, 0) is 11.3 Å². The maximum absolute atomic E-state index is 12.9. The first-order valence-corrected chi connectivity index (χ1v) is 11.5. The molecule has 9 heteroatoms. The van der Waals surface area contributed by atoms with Crippen LogP contribution in [0.4, 0.5) is 5.82 Å². The van der Waals surface area contributed by atoms with Crippen molar-refractivity contribution < 1.29 is 4.79 Å². The molecule has 3 aromatic heterocycles. The van der Waals surface area contributed by atoms with Gasteiger partial charge in [-0.3, -0.25) is 4.79 Å². The molecule has 1 N–H and O–H groups in total. The minimum absolute atomic E-state index is 0.0605. The van der Waals surface area contributed by atoms with E-state index in [0.717, 1.165) is 41.5 Å². The number of hydrogen-bond donors (Lipinski definition) is 1. The number of benzene rings is 1. The first-order chi connectivity index (χ1) is 15.8. The van der Waals surface area contributed by atoms with Gasteiger partial charge in [-0.25, -0.2) is 19.6 Å². The third-order valence-corrected chi connectivity index (χ3v) is 6.45. The molecule has 1 aliphatic rings. The summed E-state index contributed by atoms with van der Waals surface area (Å²) in [6.07, 6.45) is 6.91. The monoisotopic (exact) mass is 445 g/mol. The van der Waals surface area contributed by atoms with Crippen molar-refractivity contribution in [3.8, 4) is 16.4 Å². The zero-order valence-corrected chi connectivity index (χ0v) is 18.3. The summed E-state index contributed by atoms with van der Waals surface area (Å²) in [7, 11) is 0. The predicted molar refractivity (Wildman–Crippen MR) is 123 cm³/mol. The Morgan fingerprint density at radius 1 is 1.16 bits per heavy atom. The standard InChI is InChI=1S/C23H23N7OS/c31-22(24-13-19-15-32-23(28-19)17-6-2-1-3-7-17)18-8-4-10-29(14-18)20-12-21(26-16-25-20)30-11-5-9-27-30/h1-3,5-7,9,11-12,15-16,18H,4,8,10,13-14H2,(H,24,31)/t18-/m0/s1. The van der Waals surface area contributed by atoms with Crippen molar-refractivity contribution in [2.45, 2.75) is 19.4 Å². The number of hydrogen-bond acceptors (Lipinski definition) is 7. The summed E-state index contributed by atoms with van der Waals surface area (Å²) in [6.45, 7) is 1.94. The van der Waals surface area contributed by atoms with Crippen LogP contribution in [0, 0.1) is 5.92 Å². The number of piperidine rings is 1. The van der Waals surface area contributed by atoms with E-state index in [1.807, 2.05) is 54.0 Å². The van der Waals surface area contributed by atoms with E-state index in [0.29, 0.717) is 18.9 Å². The predicted octanol–water partition coefficient (Wildman–Crippen LogP) is 3.32. The van der Waals surface area contributed by atoms with Crippen LogP contribution in [0.2, 0.25) is 0 Å². The van der Waals surface area contributed by atoms with Crippen LogP contribution in [0.15, 0.2) is 66.6 Å². The third-order valence-electron chi connectivity index (χ3n) is 5.51. The van der Waals surface area contributed by atoms with Gasteiger partial charge in [0, 0.05) is 42.5 Å². The van der Waals surface area contributed by atoms with Crippen LogP contribution in [0.25, 0.3) is 16.4 Å². The molecule has 0 aliphatic carbocycles. The summed E-state index contributed by atoms with van der Waals surface area (Å²) < 4.78 is 1.71. The zero-order chi connectivity index (χ0) is 21.8. The summed E-state index contributed by atoms with van der Waals surface area (Å²) in [5.41, 5.74) is 1.98. The van der Waals surface area contributed by atoms with Gasteiger partial charge in [-0.15, -0.1) is 11.3 Å². The van der Waals surface area contributed by atoms with Gasteiger partial charge in [0.25, 0.3) is 0 Å². The Morgan fingerprint density at radius 2 is 2.03 bits per heavy atom. The van der Waals surface area contributed by atoms with Gasteiger partial charge in [-0.1, -0.05) is 30.3 Å². The van der Waals surface area contributed by atoms with E-state index < -0.39 is 0 Å². The SMILES string of the molecule is O=C(NCc1csc(-c2ccccc2)n1)[C@H]1CCCN(c2cc(-n3cccn3)ncn2)C1. The van der Waals surface area contributed by atoms with Gasteiger partial charge in [-0.05, 0) is 18.9 Å². The molecule has 8 nitrogen and oxygen atoms in total. The van der Waals surface area contributed by atoms with Crippen LogP contribution in [0.5, 0.6) is 0 Å².